The number of anilines is 2. The molecule has 0 aliphatic carbocycles. The van der Waals surface area contributed by atoms with Gasteiger partial charge in [-0.3, -0.25) is 5.32 Å². The molecule has 5 nitrogen and oxygen atoms in total. The van der Waals surface area contributed by atoms with Crippen LogP contribution in [0.4, 0.5) is 29.5 Å². The molecule has 8 heteroatoms. The summed E-state index contributed by atoms with van der Waals surface area (Å²) in [6.45, 7) is -1.63. The minimum Gasteiger partial charge on any atom is -0.440 e. The molecule has 0 aliphatic heterocycles. The highest BCUT2D eigenvalue weighted by atomic mass is 19.4. The zero-order valence-electron chi connectivity index (χ0n) is 9.78. The molecule has 0 unspecified atom stereocenters. The first-order chi connectivity index (χ1) is 8.29. The van der Waals surface area contributed by atoms with Gasteiger partial charge in [0.05, 0.1) is 5.69 Å². The lowest BCUT2D eigenvalue weighted by atomic mass is 10.3. The van der Waals surface area contributed by atoms with E-state index in [0.717, 1.165) is 0 Å². The average molecular weight is 263 g/mol. The van der Waals surface area contributed by atoms with Crippen molar-refractivity contribution in [1.29, 1.82) is 0 Å². The molecule has 1 heterocycles. The Hall–Kier alpha value is -1.99. The average Bonchev–Trinajstić information content (AvgIpc) is 2.26. The Bertz CT molecular complexity index is 421. The Labute approximate surface area is 102 Å². The fraction of sp³-hybridized carbons (Fsp3) is 0.400. The van der Waals surface area contributed by atoms with Gasteiger partial charge in [-0.1, -0.05) is 0 Å². The number of rotatable bonds is 3. The van der Waals surface area contributed by atoms with Gasteiger partial charge in [-0.2, -0.15) is 13.2 Å². The second-order valence-electron chi connectivity index (χ2n) is 3.59. The number of carbonyl (C=O) groups is 1. The summed E-state index contributed by atoms with van der Waals surface area (Å²) in [5, 5.41) is 2.20. The van der Waals surface area contributed by atoms with E-state index in [9.17, 15) is 18.0 Å². The summed E-state index contributed by atoms with van der Waals surface area (Å²) in [7, 11) is 3.38. The second-order valence-corrected chi connectivity index (χ2v) is 3.59. The van der Waals surface area contributed by atoms with Gasteiger partial charge < -0.3 is 9.64 Å². The van der Waals surface area contributed by atoms with E-state index < -0.39 is 18.9 Å². The van der Waals surface area contributed by atoms with Crippen LogP contribution in [-0.2, 0) is 4.74 Å². The predicted molar refractivity (Wildman–Crippen MR) is 59.6 cm³/mol. The Morgan fingerprint density at radius 3 is 2.72 bits per heavy atom. The molecule has 1 N–H and O–H groups in total. The lowest BCUT2D eigenvalue weighted by molar-refractivity contribution is -0.159. The van der Waals surface area contributed by atoms with Crippen molar-refractivity contribution in [2.45, 2.75) is 6.18 Å². The predicted octanol–water partition coefficient (Wildman–Crippen LogP) is 2.26. The maximum absolute atomic E-state index is 11.8. The molecule has 0 fully saturated rings. The number of nitrogens with zero attached hydrogens (tertiary/aromatic N) is 2. The van der Waals surface area contributed by atoms with Gasteiger partial charge in [-0.15, -0.1) is 0 Å². The van der Waals surface area contributed by atoms with Crippen LogP contribution < -0.4 is 10.2 Å². The van der Waals surface area contributed by atoms with Crippen molar-refractivity contribution in [3.63, 3.8) is 0 Å². The molecule has 0 saturated carbocycles. The standard InChI is InChI=1S/C10H12F3N3O2/c1-16(2)8-7(4-3-5-14-8)15-9(17)18-6-10(11,12)13/h3-5H,6H2,1-2H3,(H,15,17). The first-order valence-electron chi connectivity index (χ1n) is 4.92. The third kappa shape index (κ3) is 4.48. The maximum Gasteiger partial charge on any atom is 0.422 e. The van der Waals surface area contributed by atoms with Gasteiger partial charge in [0.25, 0.3) is 0 Å². The summed E-state index contributed by atoms with van der Waals surface area (Å²) in [6, 6.07) is 3.06. The number of pyridine rings is 1. The van der Waals surface area contributed by atoms with Gasteiger partial charge in [0, 0.05) is 20.3 Å². The highest BCUT2D eigenvalue weighted by molar-refractivity contribution is 5.88. The van der Waals surface area contributed by atoms with Crippen LogP contribution in [0.3, 0.4) is 0 Å². The SMILES string of the molecule is CN(C)c1ncccc1NC(=O)OCC(F)(F)F. The molecule has 0 spiro atoms. The molecule has 1 aromatic rings. The quantitative estimate of drug-likeness (QED) is 0.908. The number of ether oxygens (including phenoxy) is 1. The van der Waals surface area contributed by atoms with Crippen molar-refractivity contribution in [2.75, 3.05) is 30.9 Å². The van der Waals surface area contributed by atoms with Crippen LogP contribution in [0.2, 0.25) is 0 Å². The Morgan fingerprint density at radius 2 is 2.17 bits per heavy atom. The first-order valence-corrected chi connectivity index (χ1v) is 4.92. The molecule has 1 amide bonds. The van der Waals surface area contributed by atoms with Crippen molar-refractivity contribution in [2.24, 2.45) is 0 Å². The number of amides is 1. The monoisotopic (exact) mass is 263 g/mol. The van der Waals surface area contributed by atoms with Gasteiger partial charge in [0.15, 0.2) is 12.4 Å². The highest BCUT2D eigenvalue weighted by Crippen LogP contribution is 2.21. The summed E-state index contributed by atoms with van der Waals surface area (Å²) < 4.78 is 39.5. The molecular formula is C10H12F3N3O2. The molecule has 0 bridgehead atoms. The van der Waals surface area contributed by atoms with Crippen molar-refractivity contribution >= 4 is 17.6 Å². The van der Waals surface area contributed by atoms with Crippen molar-refractivity contribution in [1.82, 2.24) is 4.98 Å². The minimum absolute atomic E-state index is 0.273. The molecule has 18 heavy (non-hydrogen) atoms. The highest BCUT2D eigenvalue weighted by Gasteiger charge is 2.29. The zero-order valence-corrected chi connectivity index (χ0v) is 9.78. The first kappa shape index (κ1) is 14.1. The fourth-order valence-corrected chi connectivity index (χ4v) is 1.14. The number of halogens is 3. The number of hydrogen-bond donors (Lipinski definition) is 1. The van der Waals surface area contributed by atoms with Gasteiger partial charge in [-0.05, 0) is 12.1 Å². The van der Waals surface area contributed by atoms with E-state index in [1.165, 1.54) is 12.3 Å². The Balaban J connectivity index is 2.65. The van der Waals surface area contributed by atoms with Crippen molar-refractivity contribution in [3.8, 4) is 0 Å². The van der Waals surface area contributed by atoms with E-state index in [0.29, 0.717) is 5.82 Å². The molecular weight excluding hydrogens is 251 g/mol. The van der Waals surface area contributed by atoms with E-state index in [4.69, 9.17) is 0 Å². The second kappa shape index (κ2) is 5.56. The molecule has 0 aromatic carbocycles. The summed E-state index contributed by atoms with van der Waals surface area (Å²) in [6.07, 6.45) is -4.22. The van der Waals surface area contributed by atoms with Gasteiger partial charge in [0.1, 0.15) is 0 Å². The van der Waals surface area contributed by atoms with Crippen LogP contribution in [0.15, 0.2) is 18.3 Å². The normalized spacial score (nSPS) is 10.9. The molecule has 1 rings (SSSR count). The molecule has 0 atom stereocenters. The van der Waals surface area contributed by atoms with Crippen LogP contribution >= 0.6 is 0 Å². The molecule has 100 valence electrons. The van der Waals surface area contributed by atoms with E-state index >= 15 is 0 Å². The number of alkyl halides is 3. The maximum atomic E-state index is 11.8. The van der Waals surface area contributed by atoms with E-state index in [-0.39, 0.29) is 5.69 Å². The number of hydrogen-bond acceptors (Lipinski definition) is 4. The summed E-state index contributed by atoms with van der Waals surface area (Å²) >= 11 is 0. The van der Waals surface area contributed by atoms with Gasteiger partial charge in [-0.25, -0.2) is 9.78 Å². The Morgan fingerprint density at radius 1 is 1.50 bits per heavy atom. The molecule has 0 radical (unpaired) electrons. The number of aromatic nitrogens is 1. The van der Waals surface area contributed by atoms with E-state index in [2.05, 4.69) is 15.0 Å². The largest absolute Gasteiger partial charge is 0.440 e. The van der Waals surface area contributed by atoms with E-state index in [1.54, 1.807) is 25.1 Å². The van der Waals surface area contributed by atoms with Crippen LogP contribution in [0.25, 0.3) is 0 Å². The minimum atomic E-state index is -4.54. The topological polar surface area (TPSA) is 54.5 Å². The lowest BCUT2D eigenvalue weighted by Gasteiger charge is -2.16. The lowest BCUT2D eigenvalue weighted by Crippen LogP contribution is -2.24. The van der Waals surface area contributed by atoms with Crippen LogP contribution in [-0.4, -0.2) is 38.0 Å². The zero-order chi connectivity index (χ0) is 13.8. The van der Waals surface area contributed by atoms with Crippen LogP contribution in [0.1, 0.15) is 0 Å². The van der Waals surface area contributed by atoms with Crippen LogP contribution in [0.5, 0.6) is 0 Å². The van der Waals surface area contributed by atoms with E-state index in [1.807, 2.05) is 0 Å². The summed E-state index contributed by atoms with van der Waals surface area (Å²) in [5.41, 5.74) is 0.273. The molecule has 0 saturated heterocycles. The summed E-state index contributed by atoms with van der Waals surface area (Å²) in [4.78, 5) is 16.7. The smallest absolute Gasteiger partial charge is 0.422 e. The van der Waals surface area contributed by atoms with Crippen molar-refractivity contribution < 1.29 is 22.7 Å². The van der Waals surface area contributed by atoms with Crippen molar-refractivity contribution in [3.05, 3.63) is 18.3 Å². The number of carbonyl (C=O) groups excluding carboxylic acids is 1. The number of nitrogens with one attached hydrogen (secondary N) is 1. The molecule has 0 aliphatic rings. The third-order valence-electron chi connectivity index (χ3n) is 1.81. The Kier molecular flexibility index (Phi) is 4.35. The van der Waals surface area contributed by atoms with Crippen LogP contribution in [0, 0.1) is 0 Å². The molecule has 1 aromatic heterocycles. The van der Waals surface area contributed by atoms with Gasteiger partial charge in [0.2, 0.25) is 0 Å². The fourth-order valence-electron chi connectivity index (χ4n) is 1.14. The third-order valence-corrected chi connectivity index (χ3v) is 1.81. The summed E-state index contributed by atoms with van der Waals surface area (Å²) in [5.74, 6) is 0.418. The van der Waals surface area contributed by atoms with Gasteiger partial charge >= 0.3 is 12.3 Å².